The average molecular weight is 423 g/mol. The van der Waals surface area contributed by atoms with Crippen LogP contribution < -0.4 is 10.6 Å². The van der Waals surface area contributed by atoms with Crippen molar-refractivity contribution in [2.45, 2.75) is 44.6 Å². The molecule has 1 heterocycles. The van der Waals surface area contributed by atoms with Gasteiger partial charge in [0.1, 0.15) is 0 Å². The van der Waals surface area contributed by atoms with Gasteiger partial charge in [-0.15, -0.1) is 0 Å². The Morgan fingerprint density at radius 3 is 2.59 bits per heavy atom. The Balaban J connectivity index is 1.35. The zero-order chi connectivity index (χ0) is 21.7. The minimum Gasteiger partial charge on any atom is -0.378 e. The molecule has 2 fully saturated rings. The van der Waals surface area contributed by atoms with Crippen LogP contribution in [0.1, 0.15) is 65.2 Å². The monoisotopic (exact) mass is 422 g/mol. The molecule has 3 aromatic carbocycles. The number of hydrogen-bond acceptors (Lipinski definition) is 2. The molecule has 2 bridgehead atoms. The normalized spacial score (nSPS) is 27.3. The molecular weight excluding hydrogens is 392 g/mol. The van der Waals surface area contributed by atoms with Crippen LogP contribution in [-0.4, -0.2) is 5.91 Å². The number of rotatable bonds is 4. The second-order valence-corrected chi connectivity index (χ2v) is 9.74. The fourth-order valence-electron chi connectivity index (χ4n) is 6.76. The predicted octanol–water partition coefficient (Wildman–Crippen LogP) is 6.80. The van der Waals surface area contributed by atoms with Crippen LogP contribution in [0.3, 0.4) is 0 Å². The summed E-state index contributed by atoms with van der Waals surface area (Å²) < 4.78 is 0. The van der Waals surface area contributed by atoms with Crippen molar-refractivity contribution in [2.24, 2.45) is 17.8 Å². The first-order chi connectivity index (χ1) is 15.7. The van der Waals surface area contributed by atoms with Crippen LogP contribution in [0.2, 0.25) is 0 Å². The molecule has 2 N–H and O–H groups in total. The number of anilines is 2. The third-order valence-corrected chi connectivity index (χ3v) is 8.15. The number of carbonyl (C=O) groups excluding carboxylic acids is 1. The lowest BCUT2D eigenvalue weighted by atomic mass is 9.68. The van der Waals surface area contributed by atoms with Crippen LogP contribution in [0, 0.1) is 17.8 Å². The molecule has 0 unspecified atom stereocenters. The van der Waals surface area contributed by atoms with Crippen LogP contribution in [0.4, 0.5) is 11.4 Å². The maximum Gasteiger partial charge on any atom is 0.255 e. The van der Waals surface area contributed by atoms with Gasteiger partial charge in [-0.25, -0.2) is 0 Å². The second kappa shape index (κ2) is 7.81. The van der Waals surface area contributed by atoms with Crippen LogP contribution in [0.15, 0.2) is 72.8 Å². The Morgan fingerprint density at radius 1 is 0.969 bits per heavy atom. The van der Waals surface area contributed by atoms with Gasteiger partial charge in [0.05, 0.1) is 6.04 Å². The summed E-state index contributed by atoms with van der Waals surface area (Å²) in [7, 11) is 0. The Labute approximate surface area is 190 Å². The molecule has 162 valence electrons. The molecular formula is C29H30N2O. The van der Waals surface area contributed by atoms with Gasteiger partial charge in [0.15, 0.2) is 0 Å². The van der Waals surface area contributed by atoms with Crippen molar-refractivity contribution in [2.75, 3.05) is 10.6 Å². The third-order valence-electron chi connectivity index (χ3n) is 8.15. The SMILES string of the molecule is CCc1ccccc1NC(=O)c1ccc2c(c1)[C@@H]1[C@H]3CC[C@@H](C3)[C@@H]1[C@H](c1ccccc1)N2. The van der Waals surface area contributed by atoms with E-state index in [4.69, 9.17) is 0 Å². The summed E-state index contributed by atoms with van der Waals surface area (Å²) in [6.45, 7) is 2.12. The van der Waals surface area contributed by atoms with Gasteiger partial charge in [0.25, 0.3) is 5.91 Å². The number of fused-ring (bicyclic) bond motifs is 7. The highest BCUT2D eigenvalue weighted by Gasteiger charge is 2.53. The highest BCUT2D eigenvalue weighted by atomic mass is 16.1. The lowest BCUT2D eigenvalue weighted by molar-refractivity contribution is 0.102. The maximum absolute atomic E-state index is 13.2. The van der Waals surface area contributed by atoms with E-state index in [0.29, 0.717) is 17.9 Å². The number of amides is 1. The highest BCUT2D eigenvalue weighted by molar-refractivity contribution is 6.05. The van der Waals surface area contributed by atoms with Gasteiger partial charge in [-0.1, -0.05) is 55.5 Å². The smallest absolute Gasteiger partial charge is 0.255 e. The Kier molecular flexibility index (Phi) is 4.78. The van der Waals surface area contributed by atoms with Crippen molar-refractivity contribution in [1.82, 2.24) is 0 Å². The summed E-state index contributed by atoms with van der Waals surface area (Å²) in [5.41, 5.74) is 6.79. The molecule has 0 radical (unpaired) electrons. The minimum absolute atomic E-state index is 0.0152. The molecule has 1 amide bonds. The third kappa shape index (κ3) is 3.14. The van der Waals surface area contributed by atoms with Gasteiger partial charge in [-0.2, -0.15) is 0 Å². The topological polar surface area (TPSA) is 41.1 Å². The lowest BCUT2D eigenvalue weighted by Gasteiger charge is -2.43. The largest absolute Gasteiger partial charge is 0.378 e. The van der Waals surface area contributed by atoms with Crippen molar-refractivity contribution in [3.8, 4) is 0 Å². The maximum atomic E-state index is 13.2. The van der Waals surface area contributed by atoms with Gasteiger partial charge < -0.3 is 10.6 Å². The van der Waals surface area contributed by atoms with Crippen molar-refractivity contribution in [3.05, 3.63) is 95.1 Å². The van der Waals surface area contributed by atoms with Gasteiger partial charge in [-0.05, 0) is 90.3 Å². The summed E-state index contributed by atoms with van der Waals surface area (Å²) in [5, 5.41) is 7.03. The molecule has 1 aliphatic heterocycles. The minimum atomic E-state index is -0.0152. The lowest BCUT2D eigenvalue weighted by Crippen LogP contribution is -2.35. The average Bonchev–Trinajstić information content (AvgIpc) is 3.47. The molecule has 3 heteroatoms. The first-order valence-electron chi connectivity index (χ1n) is 12.1. The standard InChI is InChI=1S/C29H30N2O/c1-2-18-8-6-7-11-24(18)31-29(32)22-14-15-25-23(17-22)26-20-12-13-21(16-20)27(26)28(30-25)19-9-4-3-5-10-19/h3-11,14-15,17,20-21,26-28,30H,2,12-13,16H2,1H3,(H,31,32)/t20-,21-,26-,27-,28-/m0/s1. The highest BCUT2D eigenvalue weighted by Crippen LogP contribution is 2.63. The first kappa shape index (κ1) is 19.6. The summed E-state index contributed by atoms with van der Waals surface area (Å²) in [4.78, 5) is 13.2. The summed E-state index contributed by atoms with van der Waals surface area (Å²) >= 11 is 0. The van der Waals surface area contributed by atoms with E-state index in [0.717, 1.165) is 29.5 Å². The van der Waals surface area contributed by atoms with Crippen molar-refractivity contribution in [1.29, 1.82) is 0 Å². The van der Waals surface area contributed by atoms with Crippen LogP contribution in [0.5, 0.6) is 0 Å². The van der Waals surface area contributed by atoms with Gasteiger partial charge in [0.2, 0.25) is 0 Å². The van der Waals surface area contributed by atoms with Crippen molar-refractivity contribution < 1.29 is 4.79 Å². The molecule has 0 aromatic heterocycles. The van der Waals surface area contributed by atoms with Crippen LogP contribution >= 0.6 is 0 Å². The van der Waals surface area contributed by atoms with Crippen molar-refractivity contribution in [3.63, 3.8) is 0 Å². The van der Waals surface area contributed by atoms with Gasteiger partial charge in [0, 0.05) is 16.9 Å². The van der Waals surface area contributed by atoms with E-state index in [2.05, 4.69) is 66.1 Å². The van der Waals surface area contributed by atoms with E-state index < -0.39 is 0 Å². The van der Waals surface area contributed by atoms with E-state index in [1.54, 1.807) is 0 Å². The number of hydrogen-bond donors (Lipinski definition) is 2. The summed E-state index contributed by atoms with van der Waals surface area (Å²) in [6.07, 6.45) is 4.91. The Morgan fingerprint density at radius 2 is 1.75 bits per heavy atom. The van der Waals surface area contributed by atoms with Crippen LogP contribution in [0.25, 0.3) is 0 Å². The van der Waals surface area contributed by atoms with Gasteiger partial charge in [-0.3, -0.25) is 4.79 Å². The molecule has 3 aliphatic rings. The molecule has 2 saturated carbocycles. The quantitative estimate of drug-likeness (QED) is 0.485. The Bertz CT molecular complexity index is 1150. The van der Waals surface area contributed by atoms with E-state index >= 15 is 0 Å². The zero-order valence-corrected chi connectivity index (χ0v) is 18.6. The van der Waals surface area contributed by atoms with E-state index in [9.17, 15) is 4.79 Å². The van der Waals surface area contributed by atoms with Crippen molar-refractivity contribution >= 4 is 17.3 Å². The molecule has 32 heavy (non-hydrogen) atoms. The molecule has 0 spiro atoms. The zero-order valence-electron chi connectivity index (χ0n) is 18.6. The molecule has 5 atom stereocenters. The Hall–Kier alpha value is -3.07. The first-order valence-corrected chi connectivity index (χ1v) is 12.1. The summed E-state index contributed by atoms with van der Waals surface area (Å²) in [6, 6.07) is 25.6. The number of para-hydroxylation sites is 1. The molecule has 3 nitrogen and oxygen atoms in total. The molecule has 2 aliphatic carbocycles. The summed E-state index contributed by atoms with van der Waals surface area (Å²) in [5.74, 6) is 2.67. The number of carbonyl (C=O) groups is 1. The fourth-order valence-corrected chi connectivity index (χ4v) is 6.76. The van der Waals surface area contributed by atoms with E-state index in [1.807, 2.05) is 24.3 Å². The molecule has 6 rings (SSSR count). The number of benzene rings is 3. The van der Waals surface area contributed by atoms with Gasteiger partial charge >= 0.3 is 0 Å². The molecule has 0 saturated heterocycles. The second-order valence-electron chi connectivity index (χ2n) is 9.74. The van der Waals surface area contributed by atoms with Crippen LogP contribution in [-0.2, 0) is 6.42 Å². The van der Waals surface area contributed by atoms with E-state index in [1.165, 1.54) is 41.6 Å². The molecule has 3 aromatic rings. The number of aryl methyl sites for hydroxylation is 1. The van der Waals surface area contributed by atoms with E-state index in [-0.39, 0.29) is 5.91 Å². The predicted molar refractivity (Wildman–Crippen MR) is 130 cm³/mol. The number of nitrogens with one attached hydrogen (secondary N) is 2. The fraction of sp³-hybridized carbons (Fsp3) is 0.345.